The lowest BCUT2D eigenvalue weighted by Crippen LogP contribution is -2.11. The summed E-state index contributed by atoms with van der Waals surface area (Å²) in [7, 11) is 0. The van der Waals surface area contributed by atoms with E-state index in [0.29, 0.717) is 0 Å². The summed E-state index contributed by atoms with van der Waals surface area (Å²) in [5, 5.41) is 4.97. The van der Waals surface area contributed by atoms with Crippen LogP contribution in [0.3, 0.4) is 0 Å². The fraction of sp³-hybridized carbons (Fsp3) is 0. The average Bonchev–Trinajstić information content (AvgIpc) is 3.22. The van der Waals surface area contributed by atoms with Crippen LogP contribution >= 0.6 is 0 Å². The molecule has 0 amide bonds. The normalized spacial score (nSPS) is 11.1. The van der Waals surface area contributed by atoms with Crippen LogP contribution in [-0.2, 0) is 0 Å². The van der Waals surface area contributed by atoms with Gasteiger partial charge >= 0.3 is 0 Å². The van der Waals surface area contributed by atoms with Crippen molar-refractivity contribution < 1.29 is 0 Å². The van der Waals surface area contributed by atoms with Crippen molar-refractivity contribution in [2.45, 2.75) is 0 Å². The number of fused-ring (bicyclic) bond motifs is 2. The molecule has 9 aromatic rings. The molecule has 0 saturated heterocycles. The quantitative estimate of drug-likeness (QED) is 0.160. The Kier molecular flexibility index (Phi) is 7.88. The smallest absolute Gasteiger partial charge is 0.137 e. The molecule has 2 nitrogen and oxygen atoms in total. The van der Waals surface area contributed by atoms with Crippen molar-refractivity contribution in [1.82, 2.24) is 4.98 Å². The van der Waals surface area contributed by atoms with E-state index in [1.54, 1.807) is 0 Å². The van der Waals surface area contributed by atoms with Crippen LogP contribution in [0.25, 0.3) is 66.1 Å². The monoisotopic (exact) mass is 650 g/mol. The molecule has 0 spiro atoms. The van der Waals surface area contributed by atoms with E-state index in [1.165, 1.54) is 66.1 Å². The van der Waals surface area contributed by atoms with Crippen LogP contribution in [0.15, 0.2) is 206 Å². The predicted molar refractivity (Wildman–Crippen MR) is 216 cm³/mol. The van der Waals surface area contributed by atoms with Crippen LogP contribution in [0.2, 0.25) is 0 Å². The molecule has 0 radical (unpaired) electrons. The van der Waals surface area contributed by atoms with E-state index >= 15 is 0 Å². The third-order valence-corrected chi connectivity index (χ3v) is 9.72. The molecule has 0 aliphatic rings. The minimum Gasteiger partial charge on any atom is -0.295 e. The topological polar surface area (TPSA) is 16.1 Å². The Bertz CT molecular complexity index is 2540. The van der Waals surface area contributed by atoms with Gasteiger partial charge in [0.25, 0.3) is 0 Å². The summed E-state index contributed by atoms with van der Waals surface area (Å²) >= 11 is 0. The Morgan fingerprint density at radius 1 is 0.294 bits per heavy atom. The molecule has 51 heavy (non-hydrogen) atoms. The Hall–Kier alpha value is -6.77. The molecule has 0 bridgehead atoms. The zero-order chi connectivity index (χ0) is 34.0. The third kappa shape index (κ3) is 5.73. The molecule has 2 heteroatoms. The molecule has 8 aromatic carbocycles. The van der Waals surface area contributed by atoms with Gasteiger partial charge in [-0.15, -0.1) is 0 Å². The first-order valence-electron chi connectivity index (χ1n) is 17.4. The number of aromatic nitrogens is 1. The van der Waals surface area contributed by atoms with Crippen LogP contribution in [0, 0.1) is 0 Å². The Morgan fingerprint density at radius 2 is 0.725 bits per heavy atom. The maximum Gasteiger partial charge on any atom is 0.137 e. The third-order valence-electron chi connectivity index (χ3n) is 9.72. The molecule has 0 aliphatic heterocycles. The number of nitrogens with zero attached hydrogens (tertiary/aromatic N) is 2. The maximum atomic E-state index is 4.78. The van der Waals surface area contributed by atoms with E-state index in [4.69, 9.17) is 4.98 Å². The molecule has 1 aromatic heterocycles. The molecule has 1 heterocycles. The van der Waals surface area contributed by atoms with Gasteiger partial charge in [0, 0.05) is 17.6 Å². The summed E-state index contributed by atoms with van der Waals surface area (Å²) in [6, 6.07) is 71.5. The molecule has 9 rings (SSSR count). The van der Waals surface area contributed by atoms with Gasteiger partial charge < -0.3 is 0 Å². The zero-order valence-electron chi connectivity index (χ0n) is 28.0. The van der Waals surface area contributed by atoms with Crippen LogP contribution in [0.4, 0.5) is 17.2 Å². The lowest BCUT2D eigenvalue weighted by Gasteiger charge is -2.25. The Balaban J connectivity index is 1.17. The molecule has 0 aliphatic carbocycles. The highest BCUT2D eigenvalue weighted by atomic mass is 15.2. The molecular formula is C49H34N2. The molecule has 0 saturated carbocycles. The van der Waals surface area contributed by atoms with Crippen molar-refractivity contribution in [3.63, 3.8) is 0 Å². The highest BCUT2D eigenvalue weighted by Crippen LogP contribution is 2.45. The van der Waals surface area contributed by atoms with Crippen molar-refractivity contribution in [3.05, 3.63) is 206 Å². The number of hydrogen-bond donors (Lipinski definition) is 0. The predicted octanol–water partition coefficient (Wildman–Crippen LogP) is 13.5. The van der Waals surface area contributed by atoms with Gasteiger partial charge in [0.2, 0.25) is 0 Å². The standard InChI is InChI=1S/C49H34N2/c1-3-14-35(15-4-1)37-25-27-38(28-26-37)48-43-20-7-9-22-45(43)49(46-23-10-8-21-44(46)48)39-29-31-41(32-30-39)51(47-24-11-12-33-50-47)42-19-13-18-40(34-42)36-16-5-2-6-17-36/h1-34H. The zero-order valence-corrected chi connectivity index (χ0v) is 28.0. The Morgan fingerprint density at radius 3 is 1.25 bits per heavy atom. The van der Waals surface area contributed by atoms with Crippen molar-refractivity contribution in [2.75, 3.05) is 4.90 Å². The summed E-state index contributed by atoms with van der Waals surface area (Å²) < 4.78 is 0. The van der Waals surface area contributed by atoms with E-state index in [-0.39, 0.29) is 0 Å². The lowest BCUT2D eigenvalue weighted by molar-refractivity contribution is 1.18. The van der Waals surface area contributed by atoms with Gasteiger partial charge in [-0.2, -0.15) is 0 Å². The summed E-state index contributed by atoms with van der Waals surface area (Å²) in [5.41, 5.74) is 11.8. The minimum absolute atomic E-state index is 0.869. The minimum atomic E-state index is 0.869. The van der Waals surface area contributed by atoms with E-state index in [2.05, 4.69) is 193 Å². The SMILES string of the molecule is c1ccc(-c2ccc(-c3c4ccccc4c(-c4ccc(N(c5cccc(-c6ccccc6)c5)c5ccccn5)cc4)c4ccccc34)cc2)cc1. The van der Waals surface area contributed by atoms with Gasteiger partial charge in [0.15, 0.2) is 0 Å². The van der Waals surface area contributed by atoms with Crippen molar-refractivity contribution in [1.29, 1.82) is 0 Å². The molecule has 0 atom stereocenters. The highest BCUT2D eigenvalue weighted by Gasteiger charge is 2.18. The second kappa shape index (κ2) is 13.3. The fourth-order valence-electron chi connectivity index (χ4n) is 7.34. The molecule has 240 valence electrons. The van der Waals surface area contributed by atoms with Gasteiger partial charge in [-0.3, -0.25) is 4.90 Å². The number of benzene rings is 8. The van der Waals surface area contributed by atoms with Crippen LogP contribution < -0.4 is 4.90 Å². The van der Waals surface area contributed by atoms with Gasteiger partial charge in [0.1, 0.15) is 5.82 Å². The number of rotatable bonds is 7. The van der Waals surface area contributed by atoms with E-state index < -0.39 is 0 Å². The first-order valence-corrected chi connectivity index (χ1v) is 17.4. The largest absolute Gasteiger partial charge is 0.295 e. The van der Waals surface area contributed by atoms with E-state index in [9.17, 15) is 0 Å². The van der Waals surface area contributed by atoms with Crippen LogP contribution in [0.1, 0.15) is 0 Å². The van der Waals surface area contributed by atoms with E-state index in [1.807, 2.05) is 18.3 Å². The summed E-state index contributed by atoms with van der Waals surface area (Å²) in [6.07, 6.45) is 1.85. The van der Waals surface area contributed by atoms with Gasteiger partial charge in [-0.1, -0.05) is 164 Å². The maximum absolute atomic E-state index is 4.78. The highest BCUT2D eigenvalue weighted by molar-refractivity contribution is 6.21. The van der Waals surface area contributed by atoms with Gasteiger partial charge in [-0.05, 0) is 102 Å². The molecular weight excluding hydrogens is 617 g/mol. The van der Waals surface area contributed by atoms with Crippen molar-refractivity contribution in [2.24, 2.45) is 0 Å². The summed E-state index contributed by atoms with van der Waals surface area (Å²) in [5.74, 6) is 0.869. The van der Waals surface area contributed by atoms with Crippen LogP contribution in [-0.4, -0.2) is 4.98 Å². The first kappa shape index (κ1) is 30.3. The van der Waals surface area contributed by atoms with Crippen molar-refractivity contribution in [3.8, 4) is 44.5 Å². The summed E-state index contributed by atoms with van der Waals surface area (Å²) in [6.45, 7) is 0. The number of hydrogen-bond acceptors (Lipinski definition) is 2. The first-order chi connectivity index (χ1) is 25.3. The molecule has 0 N–H and O–H groups in total. The fourth-order valence-corrected chi connectivity index (χ4v) is 7.34. The van der Waals surface area contributed by atoms with Crippen molar-refractivity contribution >= 4 is 38.7 Å². The van der Waals surface area contributed by atoms with Gasteiger partial charge in [0.05, 0.1) is 0 Å². The van der Waals surface area contributed by atoms with Gasteiger partial charge in [-0.25, -0.2) is 4.98 Å². The number of anilines is 3. The second-order valence-corrected chi connectivity index (χ2v) is 12.8. The molecule has 0 unspecified atom stereocenters. The average molecular weight is 651 g/mol. The Labute approximate surface area is 298 Å². The van der Waals surface area contributed by atoms with Crippen LogP contribution in [0.5, 0.6) is 0 Å². The van der Waals surface area contributed by atoms with E-state index in [0.717, 1.165) is 17.2 Å². The number of pyridine rings is 1. The second-order valence-electron chi connectivity index (χ2n) is 12.8. The lowest BCUT2D eigenvalue weighted by atomic mass is 9.85. The summed E-state index contributed by atoms with van der Waals surface area (Å²) in [4.78, 5) is 7.01. The molecule has 0 fully saturated rings.